The molecule has 0 aliphatic carbocycles. The van der Waals surface area contributed by atoms with Crippen molar-refractivity contribution in [1.82, 2.24) is 9.88 Å². The van der Waals surface area contributed by atoms with Crippen molar-refractivity contribution in [3.8, 4) is 5.75 Å². The molecular weight excluding hydrogens is 359 g/mol. The van der Waals surface area contributed by atoms with Gasteiger partial charge in [0.1, 0.15) is 11.6 Å². The van der Waals surface area contributed by atoms with E-state index in [1.165, 1.54) is 0 Å². The number of pyridine rings is 1. The first kappa shape index (κ1) is 19.0. The Morgan fingerprint density at radius 3 is 2.89 bits per heavy atom. The summed E-state index contributed by atoms with van der Waals surface area (Å²) in [6, 6.07) is 8.87. The maximum atomic E-state index is 12.8. The highest BCUT2D eigenvalue weighted by Crippen LogP contribution is 2.30. The number of aromatic nitrogens is 1. The Morgan fingerprint density at radius 1 is 1.33 bits per heavy atom. The van der Waals surface area contributed by atoms with Crippen LogP contribution in [-0.4, -0.2) is 35.6 Å². The first-order chi connectivity index (χ1) is 12.9. The van der Waals surface area contributed by atoms with E-state index in [0.29, 0.717) is 13.0 Å². The molecule has 1 atom stereocenters. The van der Waals surface area contributed by atoms with Gasteiger partial charge in [-0.15, -0.1) is 0 Å². The molecule has 2 amide bonds. The number of benzene rings is 1. The fraction of sp³-hybridized carbons (Fsp3) is 0.368. The number of halogens is 3. The zero-order valence-electron chi connectivity index (χ0n) is 14.8. The zero-order valence-corrected chi connectivity index (χ0v) is 14.8. The summed E-state index contributed by atoms with van der Waals surface area (Å²) >= 11 is 0. The number of urea groups is 1. The van der Waals surface area contributed by atoms with E-state index < -0.39 is 17.8 Å². The minimum atomic E-state index is -4.48. The van der Waals surface area contributed by atoms with Crippen LogP contribution in [0.25, 0.3) is 0 Å². The molecule has 1 aromatic heterocycles. The van der Waals surface area contributed by atoms with E-state index in [9.17, 15) is 18.0 Å². The lowest BCUT2D eigenvalue weighted by molar-refractivity contribution is -0.137. The van der Waals surface area contributed by atoms with Gasteiger partial charge in [-0.05, 0) is 49.1 Å². The van der Waals surface area contributed by atoms with Crippen molar-refractivity contribution in [2.45, 2.75) is 31.5 Å². The van der Waals surface area contributed by atoms with Crippen molar-refractivity contribution in [3.05, 3.63) is 53.7 Å². The summed E-state index contributed by atoms with van der Waals surface area (Å²) in [6.07, 6.45) is -1.11. The number of hydrogen-bond donors (Lipinski definition) is 1. The first-order valence-corrected chi connectivity index (χ1v) is 8.60. The molecule has 1 aliphatic rings. The topological polar surface area (TPSA) is 54.5 Å². The third-order valence-electron chi connectivity index (χ3n) is 4.57. The Morgan fingerprint density at radius 2 is 2.15 bits per heavy atom. The number of nitrogens with one attached hydrogen (secondary N) is 1. The normalized spacial score (nSPS) is 17.0. The first-order valence-electron chi connectivity index (χ1n) is 8.60. The van der Waals surface area contributed by atoms with Crippen molar-refractivity contribution < 1.29 is 22.7 Å². The summed E-state index contributed by atoms with van der Waals surface area (Å²) in [7, 11) is 1.59. The highest BCUT2D eigenvalue weighted by Gasteiger charge is 2.32. The minimum absolute atomic E-state index is 0.0251. The van der Waals surface area contributed by atoms with Crippen LogP contribution in [0.3, 0.4) is 0 Å². The molecule has 1 aromatic carbocycles. The lowest BCUT2D eigenvalue weighted by Crippen LogP contribution is -2.40. The van der Waals surface area contributed by atoms with E-state index in [2.05, 4.69) is 10.3 Å². The lowest BCUT2D eigenvalue weighted by Gasteiger charge is -2.25. The summed E-state index contributed by atoms with van der Waals surface area (Å²) in [4.78, 5) is 18.0. The van der Waals surface area contributed by atoms with Crippen molar-refractivity contribution >= 4 is 11.8 Å². The van der Waals surface area contributed by atoms with Crippen molar-refractivity contribution in [1.29, 1.82) is 0 Å². The summed E-state index contributed by atoms with van der Waals surface area (Å²) in [6.45, 7) is 0.555. The molecule has 1 N–H and O–H groups in total. The number of amides is 2. The largest absolute Gasteiger partial charge is 0.497 e. The van der Waals surface area contributed by atoms with Crippen LogP contribution in [0.5, 0.6) is 5.75 Å². The van der Waals surface area contributed by atoms with E-state index in [1.54, 1.807) is 12.0 Å². The number of rotatable bonds is 4. The Labute approximate surface area is 155 Å². The van der Waals surface area contributed by atoms with Crippen molar-refractivity contribution in [3.63, 3.8) is 0 Å². The zero-order chi connectivity index (χ0) is 19.4. The van der Waals surface area contributed by atoms with Gasteiger partial charge in [-0.25, -0.2) is 9.78 Å². The lowest BCUT2D eigenvalue weighted by atomic mass is 10.0. The minimum Gasteiger partial charge on any atom is -0.497 e. The Balaban J connectivity index is 1.68. The molecule has 1 aliphatic heterocycles. The Bertz CT molecular complexity index is 811. The molecule has 0 radical (unpaired) electrons. The fourth-order valence-corrected chi connectivity index (χ4v) is 3.24. The number of carbonyl (C=O) groups is 1. The summed E-state index contributed by atoms with van der Waals surface area (Å²) < 4.78 is 43.7. The number of alkyl halides is 3. The average molecular weight is 379 g/mol. The molecular formula is C19H20F3N3O2. The van der Waals surface area contributed by atoms with Gasteiger partial charge in [0.2, 0.25) is 0 Å². The standard InChI is InChI=1S/C19H20F3N3O2/c1-27-16-6-2-4-13(11-16)10-15-5-3-9-25(15)18(26)24-17-12-14(7-8-23-17)19(20,21)22/h2,4,6-8,11-12,15H,3,5,9-10H2,1H3,(H,23,24,26). The van der Waals surface area contributed by atoms with Gasteiger partial charge in [0, 0.05) is 18.8 Å². The van der Waals surface area contributed by atoms with Crippen LogP contribution in [0.2, 0.25) is 0 Å². The van der Waals surface area contributed by atoms with Gasteiger partial charge in [0.15, 0.2) is 0 Å². The second kappa shape index (κ2) is 7.85. The molecule has 1 fully saturated rings. The molecule has 2 heterocycles. The van der Waals surface area contributed by atoms with E-state index >= 15 is 0 Å². The van der Waals surface area contributed by atoms with Gasteiger partial charge in [0.25, 0.3) is 0 Å². The van der Waals surface area contributed by atoms with Crippen LogP contribution < -0.4 is 10.1 Å². The van der Waals surface area contributed by atoms with Gasteiger partial charge < -0.3 is 9.64 Å². The number of ether oxygens (including phenoxy) is 1. The van der Waals surface area contributed by atoms with E-state index in [0.717, 1.165) is 42.5 Å². The summed E-state index contributed by atoms with van der Waals surface area (Å²) in [5, 5.41) is 2.49. The molecule has 0 spiro atoms. The number of carbonyl (C=O) groups excluding carboxylic acids is 1. The molecule has 27 heavy (non-hydrogen) atoms. The average Bonchev–Trinajstić information content (AvgIpc) is 3.09. The van der Waals surface area contributed by atoms with E-state index in [-0.39, 0.29) is 11.9 Å². The van der Waals surface area contributed by atoms with Crippen LogP contribution in [0.4, 0.5) is 23.8 Å². The predicted molar refractivity (Wildman–Crippen MR) is 94.7 cm³/mol. The number of nitrogens with zero attached hydrogens (tertiary/aromatic N) is 2. The molecule has 3 rings (SSSR count). The molecule has 8 heteroatoms. The molecule has 5 nitrogen and oxygen atoms in total. The predicted octanol–water partition coefficient (Wildman–Crippen LogP) is 4.35. The van der Waals surface area contributed by atoms with Crippen LogP contribution in [0.1, 0.15) is 24.0 Å². The number of methoxy groups -OCH3 is 1. The second-order valence-electron chi connectivity index (χ2n) is 6.40. The third-order valence-corrected chi connectivity index (χ3v) is 4.57. The van der Waals surface area contributed by atoms with E-state index in [1.807, 2.05) is 24.3 Å². The smallest absolute Gasteiger partial charge is 0.416 e. The molecule has 1 saturated heterocycles. The molecule has 0 saturated carbocycles. The van der Waals surface area contributed by atoms with Crippen LogP contribution in [0.15, 0.2) is 42.6 Å². The van der Waals surface area contributed by atoms with Gasteiger partial charge >= 0.3 is 12.2 Å². The monoisotopic (exact) mass is 379 g/mol. The van der Waals surface area contributed by atoms with Gasteiger partial charge in [0.05, 0.1) is 12.7 Å². The third kappa shape index (κ3) is 4.69. The number of likely N-dealkylation sites (tertiary alicyclic amines) is 1. The summed E-state index contributed by atoms with van der Waals surface area (Å²) in [5.41, 5.74) is 0.193. The molecule has 144 valence electrons. The summed E-state index contributed by atoms with van der Waals surface area (Å²) in [5.74, 6) is 0.636. The quantitative estimate of drug-likeness (QED) is 0.859. The highest BCUT2D eigenvalue weighted by atomic mass is 19.4. The molecule has 0 bridgehead atoms. The Hall–Kier alpha value is -2.77. The SMILES string of the molecule is COc1cccc(CC2CCCN2C(=O)Nc2cc(C(F)(F)F)ccn2)c1. The maximum absolute atomic E-state index is 12.8. The van der Waals surface area contributed by atoms with Gasteiger partial charge in [-0.1, -0.05) is 12.1 Å². The fourth-order valence-electron chi connectivity index (χ4n) is 3.24. The molecule has 2 aromatic rings. The van der Waals surface area contributed by atoms with Crippen molar-refractivity contribution in [2.75, 3.05) is 19.0 Å². The van der Waals surface area contributed by atoms with Crippen LogP contribution in [0, 0.1) is 0 Å². The van der Waals surface area contributed by atoms with E-state index in [4.69, 9.17) is 4.74 Å². The van der Waals surface area contributed by atoms with Gasteiger partial charge in [-0.3, -0.25) is 5.32 Å². The highest BCUT2D eigenvalue weighted by molar-refractivity contribution is 5.88. The number of anilines is 1. The molecule has 1 unspecified atom stereocenters. The van der Waals surface area contributed by atoms with Crippen LogP contribution >= 0.6 is 0 Å². The van der Waals surface area contributed by atoms with Gasteiger partial charge in [-0.2, -0.15) is 13.2 Å². The second-order valence-corrected chi connectivity index (χ2v) is 6.40. The number of hydrogen-bond acceptors (Lipinski definition) is 3. The maximum Gasteiger partial charge on any atom is 0.416 e. The Kier molecular flexibility index (Phi) is 5.53. The van der Waals surface area contributed by atoms with Crippen molar-refractivity contribution in [2.24, 2.45) is 0 Å². The van der Waals surface area contributed by atoms with Crippen LogP contribution in [-0.2, 0) is 12.6 Å².